The van der Waals surface area contributed by atoms with Crippen molar-refractivity contribution in [2.45, 2.75) is 0 Å². The Bertz CT molecular complexity index is 337. The van der Waals surface area contributed by atoms with Crippen molar-refractivity contribution in [1.82, 2.24) is 0 Å². The standard InChI is InChI=1S/C11H16N2O2/c1-13(2)10-7-5-4-6-9(10)12-11(14)8-15-3/h4-7H,8H2,1-3H3,(H,12,14). The highest BCUT2D eigenvalue weighted by Gasteiger charge is 2.06. The van der Waals surface area contributed by atoms with Crippen molar-refractivity contribution in [3.05, 3.63) is 24.3 Å². The molecule has 0 aliphatic carbocycles. The molecule has 0 aliphatic heterocycles. The van der Waals surface area contributed by atoms with Crippen LogP contribution in [-0.4, -0.2) is 33.7 Å². The van der Waals surface area contributed by atoms with Crippen LogP contribution in [0.25, 0.3) is 0 Å². The Hall–Kier alpha value is -1.55. The molecule has 0 saturated heterocycles. The Morgan fingerprint density at radius 1 is 1.40 bits per heavy atom. The number of hydrogen-bond donors (Lipinski definition) is 1. The number of anilines is 2. The second kappa shape index (κ2) is 5.36. The van der Waals surface area contributed by atoms with Gasteiger partial charge in [0.2, 0.25) is 5.91 Å². The van der Waals surface area contributed by atoms with Gasteiger partial charge in [-0.2, -0.15) is 0 Å². The summed E-state index contributed by atoms with van der Waals surface area (Å²) in [5.41, 5.74) is 1.77. The first-order valence-electron chi connectivity index (χ1n) is 4.70. The number of carbonyl (C=O) groups excluding carboxylic acids is 1. The van der Waals surface area contributed by atoms with E-state index in [-0.39, 0.29) is 12.5 Å². The minimum absolute atomic E-state index is 0.0712. The fraction of sp³-hybridized carbons (Fsp3) is 0.364. The Balaban J connectivity index is 2.80. The number of rotatable bonds is 4. The van der Waals surface area contributed by atoms with Crippen LogP contribution in [0.2, 0.25) is 0 Å². The lowest BCUT2D eigenvalue weighted by Gasteiger charge is -2.17. The van der Waals surface area contributed by atoms with E-state index >= 15 is 0 Å². The molecule has 4 nitrogen and oxygen atoms in total. The van der Waals surface area contributed by atoms with E-state index in [1.54, 1.807) is 0 Å². The van der Waals surface area contributed by atoms with E-state index in [9.17, 15) is 4.79 Å². The van der Waals surface area contributed by atoms with E-state index in [1.165, 1.54) is 7.11 Å². The van der Waals surface area contributed by atoms with Crippen molar-refractivity contribution < 1.29 is 9.53 Å². The van der Waals surface area contributed by atoms with Crippen LogP contribution in [-0.2, 0) is 9.53 Å². The maximum atomic E-state index is 11.3. The summed E-state index contributed by atoms with van der Waals surface area (Å²) in [5.74, 6) is -0.146. The number of hydrogen-bond acceptors (Lipinski definition) is 3. The molecule has 1 rings (SSSR count). The van der Waals surface area contributed by atoms with Crippen LogP contribution < -0.4 is 10.2 Å². The van der Waals surface area contributed by atoms with Crippen LogP contribution >= 0.6 is 0 Å². The van der Waals surface area contributed by atoms with Gasteiger partial charge in [-0.15, -0.1) is 0 Å². The summed E-state index contributed by atoms with van der Waals surface area (Å²) in [6.45, 7) is 0.0712. The fourth-order valence-electron chi connectivity index (χ4n) is 1.29. The van der Waals surface area contributed by atoms with Gasteiger partial charge in [0.1, 0.15) is 6.61 Å². The Labute approximate surface area is 89.8 Å². The second-order valence-electron chi connectivity index (χ2n) is 3.39. The summed E-state index contributed by atoms with van der Waals surface area (Å²) in [7, 11) is 5.36. The lowest BCUT2D eigenvalue weighted by Crippen LogP contribution is -2.19. The quantitative estimate of drug-likeness (QED) is 0.811. The SMILES string of the molecule is COCC(=O)Nc1ccccc1N(C)C. The van der Waals surface area contributed by atoms with Gasteiger partial charge >= 0.3 is 0 Å². The third kappa shape index (κ3) is 3.25. The van der Waals surface area contributed by atoms with Gasteiger partial charge in [-0.05, 0) is 12.1 Å². The van der Waals surface area contributed by atoms with E-state index in [0.717, 1.165) is 11.4 Å². The van der Waals surface area contributed by atoms with Gasteiger partial charge in [-0.1, -0.05) is 12.1 Å². The maximum Gasteiger partial charge on any atom is 0.250 e. The average Bonchev–Trinajstić information content (AvgIpc) is 2.18. The van der Waals surface area contributed by atoms with Crippen LogP contribution in [0, 0.1) is 0 Å². The summed E-state index contributed by atoms with van der Waals surface area (Å²) < 4.78 is 4.75. The molecule has 0 bridgehead atoms. The van der Waals surface area contributed by atoms with Gasteiger partial charge in [0.25, 0.3) is 0 Å². The zero-order chi connectivity index (χ0) is 11.3. The smallest absolute Gasteiger partial charge is 0.250 e. The molecule has 0 heterocycles. The molecule has 0 aromatic heterocycles. The summed E-state index contributed by atoms with van der Waals surface area (Å²) in [6.07, 6.45) is 0. The molecule has 0 fully saturated rings. The first kappa shape index (κ1) is 11.5. The minimum atomic E-state index is -0.146. The van der Waals surface area contributed by atoms with Gasteiger partial charge in [0, 0.05) is 21.2 Å². The number of carbonyl (C=O) groups is 1. The van der Waals surface area contributed by atoms with E-state index < -0.39 is 0 Å². The number of para-hydroxylation sites is 2. The summed E-state index contributed by atoms with van der Waals surface area (Å²) in [5, 5.41) is 2.79. The highest BCUT2D eigenvalue weighted by molar-refractivity contribution is 5.95. The molecule has 4 heteroatoms. The lowest BCUT2D eigenvalue weighted by atomic mass is 10.2. The van der Waals surface area contributed by atoms with Crippen LogP contribution in [0.15, 0.2) is 24.3 Å². The molecule has 0 saturated carbocycles. The van der Waals surface area contributed by atoms with Crippen LogP contribution in [0.4, 0.5) is 11.4 Å². The van der Waals surface area contributed by atoms with Crippen LogP contribution in [0.3, 0.4) is 0 Å². The molecule has 0 atom stereocenters. The molecule has 1 N–H and O–H groups in total. The highest BCUT2D eigenvalue weighted by atomic mass is 16.5. The molecule has 0 spiro atoms. The monoisotopic (exact) mass is 208 g/mol. The van der Waals surface area contributed by atoms with Crippen molar-refractivity contribution in [2.24, 2.45) is 0 Å². The Morgan fingerprint density at radius 3 is 2.67 bits per heavy atom. The van der Waals surface area contributed by atoms with Gasteiger partial charge in [0.15, 0.2) is 0 Å². The first-order valence-corrected chi connectivity index (χ1v) is 4.70. The van der Waals surface area contributed by atoms with Gasteiger partial charge in [-0.25, -0.2) is 0 Å². The normalized spacial score (nSPS) is 9.80. The number of amides is 1. The summed E-state index contributed by atoms with van der Waals surface area (Å²) in [6, 6.07) is 7.63. The summed E-state index contributed by atoms with van der Waals surface area (Å²) >= 11 is 0. The molecule has 82 valence electrons. The second-order valence-corrected chi connectivity index (χ2v) is 3.39. The van der Waals surface area contributed by atoms with E-state index in [0.29, 0.717) is 0 Å². The minimum Gasteiger partial charge on any atom is -0.376 e. The first-order chi connectivity index (χ1) is 7.15. The van der Waals surface area contributed by atoms with Gasteiger partial charge in [-0.3, -0.25) is 4.79 Å². The number of nitrogens with one attached hydrogen (secondary N) is 1. The molecule has 0 aliphatic rings. The number of methoxy groups -OCH3 is 1. The molecule has 1 aromatic rings. The molecule has 0 radical (unpaired) electrons. The van der Waals surface area contributed by atoms with Crippen molar-refractivity contribution in [1.29, 1.82) is 0 Å². The molecule has 0 unspecified atom stereocenters. The number of benzene rings is 1. The molecular formula is C11H16N2O2. The van der Waals surface area contributed by atoms with Crippen LogP contribution in [0.5, 0.6) is 0 Å². The molecular weight excluding hydrogens is 192 g/mol. The van der Waals surface area contributed by atoms with Gasteiger partial charge in [0.05, 0.1) is 11.4 Å². The van der Waals surface area contributed by atoms with Gasteiger partial charge < -0.3 is 15.0 Å². The average molecular weight is 208 g/mol. The fourth-order valence-corrected chi connectivity index (χ4v) is 1.29. The van der Waals surface area contributed by atoms with Crippen molar-refractivity contribution >= 4 is 17.3 Å². The van der Waals surface area contributed by atoms with Crippen molar-refractivity contribution in [2.75, 3.05) is 38.0 Å². The predicted octanol–water partition coefficient (Wildman–Crippen LogP) is 1.34. The van der Waals surface area contributed by atoms with E-state index in [4.69, 9.17) is 4.74 Å². The topological polar surface area (TPSA) is 41.6 Å². The molecule has 1 aromatic carbocycles. The van der Waals surface area contributed by atoms with Crippen molar-refractivity contribution in [3.63, 3.8) is 0 Å². The number of nitrogens with zero attached hydrogens (tertiary/aromatic N) is 1. The molecule has 15 heavy (non-hydrogen) atoms. The van der Waals surface area contributed by atoms with E-state index in [2.05, 4.69) is 5.32 Å². The maximum absolute atomic E-state index is 11.3. The third-order valence-corrected chi connectivity index (χ3v) is 1.94. The Morgan fingerprint density at radius 2 is 2.07 bits per heavy atom. The zero-order valence-electron chi connectivity index (χ0n) is 9.28. The van der Waals surface area contributed by atoms with E-state index in [1.807, 2.05) is 43.3 Å². The zero-order valence-corrected chi connectivity index (χ0v) is 9.28. The largest absolute Gasteiger partial charge is 0.376 e. The number of ether oxygens (including phenoxy) is 1. The molecule has 1 amide bonds. The van der Waals surface area contributed by atoms with Crippen molar-refractivity contribution in [3.8, 4) is 0 Å². The predicted molar refractivity (Wildman–Crippen MR) is 61.3 cm³/mol. The summed E-state index contributed by atoms with van der Waals surface area (Å²) in [4.78, 5) is 13.3. The third-order valence-electron chi connectivity index (χ3n) is 1.94. The highest BCUT2D eigenvalue weighted by Crippen LogP contribution is 2.23. The Kier molecular flexibility index (Phi) is 4.12. The van der Waals surface area contributed by atoms with Crippen LogP contribution in [0.1, 0.15) is 0 Å². The lowest BCUT2D eigenvalue weighted by molar-refractivity contribution is -0.119.